The average Bonchev–Trinajstić information content (AvgIpc) is 2.50. The van der Waals surface area contributed by atoms with E-state index in [0.29, 0.717) is 6.04 Å². The molecule has 0 aliphatic heterocycles. The highest BCUT2D eigenvalue weighted by Crippen LogP contribution is 2.22. The first-order chi connectivity index (χ1) is 7.65. The summed E-state index contributed by atoms with van der Waals surface area (Å²) >= 11 is 0. The maximum atomic E-state index is 11.2. The first-order valence-electron chi connectivity index (χ1n) is 6.10. The molecule has 0 bridgehead atoms. The van der Waals surface area contributed by atoms with Crippen LogP contribution in [0.1, 0.15) is 39.0 Å². The molecule has 1 aliphatic carbocycles. The molecule has 16 heavy (non-hydrogen) atoms. The van der Waals surface area contributed by atoms with Gasteiger partial charge in [-0.15, -0.1) is 0 Å². The van der Waals surface area contributed by atoms with Crippen LogP contribution < -0.4 is 5.32 Å². The molecule has 4 heteroatoms. The van der Waals surface area contributed by atoms with Crippen molar-refractivity contribution in [3.05, 3.63) is 0 Å². The zero-order chi connectivity index (χ0) is 12.0. The zero-order valence-corrected chi connectivity index (χ0v) is 11.1. The van der Waals surface area contributed by atoms with Crippen molar-refractivity contribution < 1.29 is 4.21 Å². The Hall–Kier alpha value is -0.400. The van der Waals surface area contributed by atoms with Crippen molar-refractivity contribution >= 4 is 10.8 Å². The summed E-state index contributed by atoms with van der Waals surface area (Å²) in [6.07, 6.45) is 7.46. The average molecular weight is 242 g/mol. The van der Waals surface area contributed by atoms with Crippen LogP contribution in [0.2, 0.25) is 0 Å². The zero-order valence-electron chi connectivity index (χ0n) is 10.2. The van der Waals surface area contributed by atoms with Crippen LogP contribution >= 0.6 is 0 Å². The third-order valence-electron chi connectivity index (χ3n) is 3.42. The van der Waals surface area contributed by atoms with Gasteiger partial charge in [0.05, 0.1) is 12.0 Å². The number of nitrogens with one attached hydrogen (secondary N) is 1. The van der Waals surface area contributed by atoms with E-state index in [1.54, 1.807) is 6.26 Å². The van der Waals surface area contributed by atoms with Crippen molar-refractivity contribution in [1.82, 2.24) is 5.32 Å². The largest absolute Gasteiger partial charge is 0.311 e. The number of rotatable bonds is 4. The van der Waals surface area contributed by atoms with Gasteiger partial charge in [-0.25, -0.2) is 0 Å². The Kier molecular flexibility index (Phi) is 6.00. The van der Waals surface area contributed by atoms with E-state index in [-0.39, 0.29) is 11.2 Å². The summed E-state index contributed by atoms with van der Waals surface area (Å²) in [7, 11) is -0.778. The number of hydrogen-bond donors (Lipinski definition) is 1. The van der Waals surface area contributed by atoms with E-state index in [2.05, 4.69) is 11.4 Å². The van der Waals surface area contributed by atoms with E-state index in [4.69, 9.17) is 5.26 Å². The predicted molar refractivity (Wildman–Crippen MR) is 67.5 cm³/mol. The molecule has 0 radical (unpaired) electrons. The van der Waals surface area contributed by atoms with Gasteiger partial charge in [0.1, 0.15) is 0 Å². The van der Waals surface area contributed by atoms with Gasteiger partial charge in [-0.1, -0.05) is 19.3 Å². The molecule has 4 atom stereocenters. The Morgan fingerprint density at radius 2 is 2.12 bits per heavy atom. The van der Waals surface area contributed by atoms with Gasteiger partial charge in [0, 0.05) is 34.9 Å². The van der Waals surface area contributed by atoms with Crippen LogP contribution in [0.25, 0.3) is 0 Å². The maximum Gasteiger partial charge on any atom is 0.0672 e. The lowest BCUT2D eigenvalue weighted by atomic mass is 9.96. The minimum absolute atomic E-state index is 0.139. The maximum absolute atomic E-state index is 11.2. The molecule has 0 spiro atoms. The fourth-order valence-corrected chi connectivity index (χ4v) is 2.47. The van der Waals surface area contributed by atoms with Crippen LogP contribution in [0.15, 0.2) is 0 Å². The van der Waals surface area contributed by atoms with Gasteiger partial charge >= 0.3 is 0 Å². The van der Waals surface area contributed by atoms with Gasteiger partial charge in [0.2, 0.25) is 0 Å². The summed E-state index contributed by atoms with van der Waals surface area (Å²) in [6, 6.07) is 2.71. The Morgan fingerprint density at radius 3 is 2.75 bits per heavy atom. The summed E-state index contributed by atoms with van der Waals surface area (Å²) in [6.45, 7) is 2.74. The fourth-order valence-electron chi connectivity index (χ4n) is 2.14. The minimum Gasteiger partial charge on any atom is -0.311 e. The Bertz CT molecular complexity index is 275. The highest BCUT2D eigenvalue weighted by Gasteiger charge is 2.23. The summed E-state index contributed by atoms with van der Waals surface area (Å²) in [5.74, 6) is 0.139. The van der Waals surface area contributed by atoms with Crippen molar-refractivity contribution in [3.63, 3.8) is 0 Å². The molecule has 1 aliphatic rings. The van der Waals surface area contributed by atoms with E-state index in [9.17, 15) is 4.21 Å². The smallest absolute Gasteiger partial charge is 0.0672 e. The number of nitriles is 1. The first kappa shape index (κ1) is 13.7. The third kappa shape index (κ3) is 4.23. The van der Waals surface area contributed by atoms with Crippen LogP contribution in [-0.4, -0.2) is 28.3 Å². The second-order valence-electron chi connectivity index (χ2n) is 4.70. The number of hydrogen-bond acceptors (Lipinski definition) is 3. The molecule has 1 N–H and O–H groups in total. The van der Waals surface area contributed by atoms with Crippen molar-refractivity contribution in [1.29, 1.82) is 5.26 Å². The summed E-state index contributed by atoms with van der Waals surface area (Å²) < 4.78 is 11.2. The molecular weight excluding hydrogens is 220 g/mol. The molecular formula is C12H22N2OS. The van der Waals surface area contributed by atoms with Crippen LogP contribution in [-0.2, 0) is 10.8 Å². The predicted octanol–water partition coefficient (Wildman–Crippen LogP) is 1.82. The topological polar surface area (TPSA) is 52.9 Å². The van der Waals surface area contributed by atoms with E-state index < -0.39 is 10.8 Å². The first-order valence-corrected chi connectivity index (χ1v) is 7.72. The van der Waals surface area contributed by atoms with E-state index in [1.807, 2.05) is 6.92 Å². The van der Waals surface area contributed by atoms with Gasteiger partial charge in [-0.05, 0) is 19.8 Å². The lowest BCUT2D eigenvalue weighted by molar-refractivity contribution is 0.396. The van der Waals surface area contributed by atoms with Gasteiger partial charge < -0.3 is 5.32 Å². The van der Waals surface area contributed by atoms with Crippen molar-refractivity contribution in [2.24, 2.45) is 5.92 Å². The highest BCUT2D eigenvalue weighted by atomic mass is 32.2. The molecule has 0 heterocycles. The monoisotopic (exact) mass is 242 g/mol. The highest BCUT2D eigenvalue weighted by molar-refractivity contribution is 7.84. The molecule has 92 valence electrons. The Labute approximate surface area is 101 Å². The SMILES string of the molecule is CC(CNC1CCCCCC1C#N)S(C)=O. The summed E-state index contributed by atoms with van der Waals surface area (Å²) in [4.78, 5) is 0. The Balaban J connectivity index is 2.43. The van der Waals surface area contributed by atoms with Crippen LogP contribution in [0.4, 0.5) is 0 Å². The van der Waals surface area contributed by atoms with Crippen molar-refractivity contribution in [3.8, 4) is 6.07 Å². The van der Waals surface area contributed by atoms with Gasteiger partial charge in [-0.3, -0.25) is 4.21 Å². The van der Waals surface area contributed by atoms with Gasteiger partial charge in [0.25, 0.3) is 0 Å². The van der Waals surface area contributed by atoms with Crippen LogP contribution in [0.5, 0.6) is 0 Å². The number of nitrogens with zero attached hydrogens (tertiary/aromatic N) is 1. The van der Waals surface area contributed by atoms with Crippen molar-refractivity contribution in [2.75, 3.05) is 12.8 Å². The molecule has 0 amide bonds. The second-order valence-corrected chi connectivity index (χ2v) is 6.50. The normalized spacial score (nSPS) is 30.1. The molecule has 1 rings (SSSR count). The third-order valence-corrected chi connectivity index (χ3v) is 4.72. The van der Waals surface area contributed by atoms with E-state index in [0.717, 1.165) is 19.4 Å². The molecule has 3 nitrogen and oxygen atoms in total. The standard InChI is InChI=1S/C12H22N2OS/c1-10(16(2)15)9-14-12-7-5-3-4-6-11(12)8-13/h10-12,14H,3-7,9H2,1-2H3. The molecule has 0 saturated heterocycles. The molecule has 0 aromatic rings. The molecule has 1 fully saturated rings. The van der Waals surface area contributed by atoms with E-state index in [1.165, 1.54) is 19.3 Å². The quantitative estimate of drug-likeness (QED) is 0.765. The lowest BCUT2D eigenvalue weighted by Gasteiger charge is -2.22. The molecule has 0 aromatic heterocycles. The summed E-state index contributed by atoms with van der Waals surface area (Å²) in [5, 5.41) is 12.7. The molecule has 1 saturated carbocycles. The second kappa shape index (κ2) is 7.03. The lowest BCUT2D eigenvalue weighted by Crippen LogP contribution is -2.39. The van der Waals surface area contributed by atoms with Crippen LogP contribution in [0.3, 0.4) is 0 Å². The molecule has 0 aromatic carbocycles. The minimum atomic E-state index is -0.778. The Morgan fingerprint density at radius 1 is 1.44 bits per heavy atom. The van der Waals surface area contributed by atoms with Crippen molar-refractivity contribution in [2.45, 2.75) is 50.3 Å². The summed E-state index contributed by atoms with van der Waals surface area (Å²) in [5.41, 5.74) is 0. The fraction of sp³-hybridized carbons (Fsp3) is 0.917. The molecule has 4 unspecified atom stereocenters. The van der Waals surface area contributed by atoms with Gasteiger partial charge in [0.15, 0.2) is 0 Å². The van der Waals surface area contributed by atoms with Gasteiger partial charge in [-0.2, -0.15) is 5.26 Å². The van der Waals surface area contributed by atoms with E-state index >= 15 is 0 Å². The van der Waals surface area contributed by atoms with Crippen LogP contribution in [0, 0.1) is 17.2 Å².